The monoisotopic (exact) mass is 404 g/mol. The molecule has 0 unspecified atom stereocenters. The fraction of sp³-hybridized carbons (Fsp3) is 0.136. The number of rotatable bonds is 7. The molecule has 0 saturated heterocycles. The van der Waals surface area contributed by atoms with Crippen LogP contribution in [0.2, 0.25) is 0 Å². The number of aromatic nitrogens is 3. The summed E-state index contributed by atoms with van der Waals surface area (Å²) in [5.41, 5.74) is 2.44. The van der Waals surface area contributed by atoms with Gasteiger partial charge in [-0.25, -0.2) is 9.67 Å². The van der Waals surface area contributed by atoms with Gasteiger partial charge in [-0.3, -0.25) is 4.79 Å². The Morgan fingerprint density at radius 1 is 1.10 bits per heavy atom. The number of hydrogen-bond donors (Lipinski definition) is 1. The fourth-order valence-corrected chi connectivity index (χ4v) is 3.68. The lowest BCUT2D eigenvalue weighted by Gasteiger charge is -2.08. The Bertz CT molecular complexity index is 1090. The van der Waals surface area contributed by atoms with E-state index in [0.717, 1.165) is 21.9 Å². The number of amides is 1. The summed E-state index contributed by atoms with van der Waals surface area (Å²) in [7, 11) is 0. The molecule has 7 heteroatoms. The van der Waals surface area contributed by atoms with Crippen molar-refractivity contribution in [3.63, 3.8) is 0 Å². The highest BCUT2D eigenvalue weighted by atomic mass is 32.1. The van der Waals surface area contributed by atoms with Crippen molar-refractivity contribution in [2.24, 2.45) is 0 Å². The lowest BCUT2D eigenvalue weighted by atomic mass is 10.2. The summed E-state index contributed by atoms with van der Waals surface area (Å²) >= 11 is 1.43. The molecule has 0 spiro atoms. The van der Waals surface area contributed by atoms with Gasteiger partial charge in [0.2, 0.25) is 0 Å². The number of ether oxygens (including phenoxy) is 1. The number of benzene rings is 2. The third kappa shape index (κ3) is 4.52. The predicted molar refractivity (Wildman–Crippen MR) is 114 cm³/mol. The lowest BCUT2D eigenvalue weighted by Crippen LogP contribution is -2.16. The Balaban J connectivity index is 1.46. The number of nitrogens with zero attached hydrogens (tertiary/aromatic N) is 3. The summed E-state index contributed by atoms with van der Waals surface area (Å²) in [5.74, 6) is 1.19. The van der Waals surface area contributed by atoms with Gasteiger partial charge >= 0.3 is 0 Å². The molecule has 0 atom stereocenters. The van der Waals surface area contributed by atoms with E-state index in [1.165, 1.54) is 11.3 Å². The molecule has 0 aliphatic heterocycles. The summed E-state index contributed by atoms with van der Waals surface area (Å²) in [6.45, 7) is 3.16. The van der Waals surface area contributed by atoms with Crippen molar-refractivity contribution >= 4 is 23.1 Å². The second-order valence-electron chi connectivity index (χ2n) is 6.31. The Hall–Kier alpha value is -3.45. The minimum Gasteiger partial charge on any atom is -0.494 e. The molecular weight excluding hydrogens is 384 g/mol. The molecule has 146 valence electrons. The van der Waals surface area contributed by atoms with Gasteiger partial charge in [-0.05, 0) is 36.8 Å². The summed E-state index contributed by atoms with van der Waals surface area (Å²) in [6, 6.07) is 19.5. The molecule has 0 saturated carbocycles. The molecule has 1 N–H and O–H groups in total. The third-order valence-corrected chi connectivity index (χ3v) is 5.17. The quantitative estimate of drug-likeness (QED) is 0.484. The first-order chi connectivity index (χ1) is 14.2. The molecule has 0 fully saturated rings. The molecule has 29 heavy (non-hydrogen) atoms. The van der Waals surface area contributed by atoms with Crippen molar-refractivity contribution in [1.29, 1.82) is 0 Å². The highest BCUT2D eigenvalue weighted by Gasteiger charge is 2.14. The first-order valence-corrected chi connectivity index (χ1v) is 10.2. The Kier molecular flexibility index (Phi) is 5.67. The SMILES string of the molecule is CCOc1ccc(-c2nc(C(=O)Nc3ccnn3Cc3ccccc3)cs2)cc1. The van der Waals surface area contributed by atoms with E-state index in [4.69, 9.17) is 4.74 Å². The number of thiazole rings is 1. The van der Waals surface area contributed by atoms with E-state index in [9.17, 15) is 4.79 Å². The van der Waals surface area contributed by atoms with Crippen LogP contribution in [-0.4, -0.2) is 27.3 Å². The molecule has 2 aromatic carbocycles. The zero-order chi connectivity index (χ0) is 20.1. The zero-order valence-electron chi connectivity index (χ0n) is 15.9. The normalized spacial score (nSPS) is 10.7. The maximum atomic E-state index is 12.7. The van der Waals surface area contributed by atoms with E-state index < -0.39 is 0 Å². The van der Waals surface area contributed by atoms with Crippen LogP contribution in [0.4, 0.5) is 5.82 Å². The van der Waals surface area contributed by atoms with Gasteiger partial charge in [0, 0.05) is 17.0 Å². The van der Waals surface area contributed by atoms with E-state index in [0.29, 0.717) is 24.7 Å². The number of nitrogens with one attached hydrogen (secondary N) is 1. The van der Waals surface area contributed by atoms with Gasteiger partial charge in [0.15, 0.2) is 0 Å². The highest BCUT2D eigenvalue weighted by molar-refractivity contribution is 7.13. The Morgan fingerprint density at radius 2 is 1.90 bits per heavy atom. The van der Waals surface area contributed by atoms with E-state index in [2.05, 4.69) is 15.4 Å². The molecule has 2 aromatic heterocycles. The average Bonchev–Trinajstić information content (AvgIpc) is 3.40. The van der Waals surface area contributed by atoms with Crippen LogP contribution >= 0.6 is 11.3 Å². The van der Waals surface area contributed by atoms with Crippen LogP contribution < -0.4 is 10.1 Å². The van der Waals surface area contributed by atoms with Crippen LogP contribution in [0.5, 0.6) is 5.75 Å². The van der Waals surface area contributed by atoms with Gasteiger partial charge in [0.25, 0.3) is 5.91 Å². The van der Waals surface area contributed by atoms with Gasteiger partial charge in [0.1, 0.15) is 22.3 Å². The second kappa shape index (κ2) is 8.70. The van der Waals surface area contributed by atoms with Crippen LogP contribution in [-0.2, 0) is 6.54 Å². The summed E-state index contributed by atoms with van der Waals surface area (Å²) in [5, 5.41) is 9.76. The number of carbonyl (C=O) groups is 1. The van der Waals surface area contributed by atoms with Crippen LogP contribution in [0, 0.1) is 0 Å². The molecule has 0 aliphatic rings. The largest absolute Gasteiger partial charge is 0.494 e. The molecule has 2 heterocycles. The Labute approximate surface area is 172 Å². The van der Waals surface area contributed by atoms with E-state index in [1.807, 2.05) is 61.5 Å². The predicted octanol–water partition coefficient (Wildman–Crippen LogP) is 4.71. The fourth-order valence-electron chi connectivity index (χ4n) is 2.87. The first kappa shape index (κ1) is 18.9. The zero-order valence-corrected chi connectivity index (χ0v) is 16.7. The molecule has 0 bridgehead atoms. The molecule has 0 radical (unpaired) electrons. The lowest BCUT2D eigenvalue weighted by molar-refractivity contribution is 0.102. The standard InChI is InChI=1S/C22H20N4O2S/c1-2-28-18-10-8-17(9-11-18)22-24-19(15-29-22)21(27)25-20-12-13-23-26(20)14-16-6-4-3-5-7-16/h3-13,15H,2,14H2,1H3,(H,25,27). The van der Waals surface area contributed by atoms with Crippen molar-refractivity contribution in [3.8, 4) is 16.3 Å². The molecule has 6 nitrogen and oxygen atoms in total. The number of carbonyl (C=O) groups excluding carboxylic acids is 1. The molecule has 0 aliphatic carbocycles. The number of anilines is 1. The third-order valence-electron chi connectivity index (χ3n) is 4.28. The van der Waals surface area contributed by atoms with Crippen LogP contribution in [0.1, 0.15) is 23.0 Å². The first-order valence-electron chi connectivity index (χ1n) is 9.29. The smallest absolute Gasteiger partial charge is 0.276 e. The minimum absolute atomic E-state index is 0.256. The van der Waals surface area contributed by atoms with Crippen molar-refractivity contribution < 1.29 is 9.53 Å². The topological polar surface area (TPSA) is 69.0 Å². The maximum Gasteiger partial charge on any atom is 0.276 e. The second-order valence-corrected chi connectivity index (χ2v) is 7.17. The van der Waals surface area contributed by atoms with Crippen LogP contribution in [0.25, 0.3) is 10.6 Å². The van der Waals surface area contributed by atoms with Gasteiger partial charge in [0.05, 0.1) is 19.3 Å². The molecule has 4 aromatic rings. The van der Waals surface area contributed by atoms with E-state index >= 15 is 0 Å². The van der Waals surface area contributed by atoms with E-state index in [-0.39, 0.29) is 5.91 Å². The van der Waals surface area contributed by atoms with Crippen molar-refractivity contribution in [1.82, 2.24) is 14.8 Å². The van der Waals surface area contributed by atoms with Gasteiger partial charge in [-0.1, -0.05) is 30.3 Å². The molecule has 1 amide bonds. The Morgan fingerprint density at radius 3 is 2.66 bits per heavy atom. The summed E-state index contributed by atoms with van der Waals surface area (Å²) in [6.07, 6.45) is 1.67. The van der Waals surface area contributed by atoms with Crippen LogP contribution in [0.15, 0.2) is 72.2 Å². The molecule has 4 rings (SSSR count). The van der Waals surface area contributed by atoms with Gasteiger partial charge in [-0.15, -0.1) is 11.3 Å². The van der Waals surface area contributed by atoms with Crippen molar-refractivity contribution in [2.45, 2.75) is 13.5 Å². The minimum atomic E-state index is -0.256. The summed E-state index contributed by atoms with van der Waals surface area (Å²) < 4.78 is 7.22. The summed E-state index contributed by atoms with van der Waals surface area (Å²) in [4.78, 5) is 17.2. The maximum absolute atomic E-state index is 12.7. The highest BCUT2D eigenvalue weighted by Crippen LogP contribution is 2.26. The van der Waals surface area contributed by atoms with Gasteiger partial charge in [-0.2, -0.15) is 5.10 Å². The average molecular weight is 404 g/mol. The molecular formula is C22H20N4O2S. The van der Waals surface area contributed by atoms with Crippen molar-refractivity contribution in [3.05, 3.63) is 83.5 Å². The van der Waals surface area contributed by atoms with E-state index in [1.54, 1.807) is 22.3 Å². The van der Waals surface area contributed by atoms with Crippen molar-refractivity contribution in [2.75, 3.05) is 11.9 Å². The van der Waals surface area contributed by atoms with Gasteiger partial charge < -0.3 is 10.1 Å². The number of hydrogen-bond acceptors (Lipinski definition) is 5. The van der Waals surface area contributed by atoms with Crippen LogP contribution in [0.3, 0.4) is 0 Å².